The van der Waals surface area contributed by atoms with Crippen LogP contribution in [0.2, 0.25) is 0 Å². The lowest BCUT2D eigenvalue weighted by Crippen LogP contribution is -2.10. The number of hydrogen-bond donors (Lipinski definition) is 0. The first-order valence-electron chi connectivity index (χ1n) is 7.45. The van der Waals surface area contributed by atoms with Crippen molar-refractivity contribution in [2.45, 2.75) is 56.7 Å². The summed E-state index contributed by atoms with van der Waals surface area (Å²) in [5.41, 5.74) is 1.02. The second-order valence-corrected chi connectivity index (χ2v) is 7.81. The normalized spacial score (nSPS) is 14.9. The van der Waals surface area contributed by atoms with Crippen molar-refractivity contribution in [3.05, 3.63) is 29.8 Å². The zero-order valence-electron chi connectivity index (χ0n) is 13.0. The first kappa shape index (κ1) is 18.5. The van der Waals surface area contributed by atoms with Gasteiger partial charge in [-0.15, -0.1) is 11.6 Å². The second-order valence-electron chi connectivity index (χ2n) is 5.58. The van der Waals surface area contributed by atoms with Crippen LogP contribution >= 0.6 is 11.6 Å². The minimum Gasteiger partial charge on any atom is -0.266 e. The molecule has 0 fully saturated rings. The number of rotatable bonds is 9. The van der Waals surface area contributed by atoms with Crippen LogP contribution in [-0.4, -0.2) is 20.4 Å². The van der Waals surface area contributed by atoms with E-state index in [4.69, 9.17) is 15.8 Å². The monoisotopic (exact) mass is 332 g/mol. The van der Waals surface area contributed by atoms with E-state index in [0.29, 0.717) is 5.92 Å². The van der Waals surface area contributed by atoms with Crippen molar-refractivity contribution in [2.24, 2.45) is 5.92 Å². The summed E-state index contributed by atoms with van der Waals surface area (Å²) >= 11 is 6.11. The van der Waals surface area contributed by atoms with E-state index in [1.54, 1.807) is 24.3 Å². The Balaban J connectivity index is 2.36. The molecule has 0 saturated heterocycles. The van der Waals surface area contributed by atoms with Gasteiger partial charge in [0.05, 0.1) is 11.5 Å². The molecule has 1 rings (SSSR count). The van der Waals surface area contributed by atoms with Gasteiger partial charge in [-0.25, -0.2) is 0 Å². The molecule has 3 nitrogen and oxygen atoms in total. The molecule has 0 radical (unpaired) electrons. The summed E-state index contributed by atoms with van der Waals surface area (Å²) < 4.78 is 29.0. The Hall–Kier alpha value is -0.580. The SMILES string of the molecule is CCC(Cl)CC(C)CCCOS(=O)(=O)c1ccc(C)cc1. The van der Waals surface area contributed by atoms with Gasteiger partial charge in [-0.1, -0.05) is 31.5 Å². The van der Waals surface area contributed by atoms with E-state index in [-0.39, 0.29) is 16.9 Å². The average Bonchev–Trinajstić information content (AvgIpc) is 2.44. The van der Waals surface area contributed by atoms with Gasteiger partial charge < -0.3 is 0 Å². The average molecular weight is 333 g/mol. The van der Waals surface area contributed by atoms with Gasteiger partial charge >= 0.3 is 0 Å². The van der Waals surface area contributed by atoms with Crippen LogP contribution in [0.5, 0.6) is 0 Å². The van der Waals surface area contributed by atoms with Crippen LogP contribution in [0.25, 0.3) is 0 Å². The molecule has 0 aliphatic heterocycles. The highest BCUT2D eigenvalue weighted by molar-refractivity contribution is 7.86. The molecule has 0 heterocycles. The number of hydrogen-bond acceptors (Lipinski definition) is 3. The molecule has 21 heavy (non-hydrogen) atoms. The third-order valence-electron chi connectivity index (χ3n) is 3.49. The van der Waals surface area contributed by atoms with Crippen LogP contribution in [0.3, 0.4) is 0 Å². The third-order valence-corrected chi connectivity index (χ3v) is 5.30. The van der Waals surface area contributed by atoms with Crippen LogP contribution in [0.1, 0.15) is 45.1 Å². The van der Waals surface area contributed by atoms with Gasteiger partial charge in [0.25, 0.3) is 10.1 Å². The molecule has 1 aromatic rings. The van der Waals surface area contributed by atoms with Gasteiger partial charge in [0.2, 0.25) is 0 Å². The first-order valence-corrected chi connectivity index (χ1v) is 9.29. The Morgan fingerprint density at radius 3 is 2.43 bits per heavy atom. The fourth-order valence-electron chi connectivity index (χ4n) is 2.09. The summed E-state index contributed by atoms with van der Waals surface area (Å²) in [6.45, 7) is 6.35. The van der Waals surface area contributed by atoms with Crippen LogP contribution in [0.4, 0.5) is 0 Å². The Kier molecular flexibility index (Phi) is 7.71. The summed E-state index contributed by atoms with van der Waals surface area (Å²) in [7, 11) is -3.63. The summed E-state index contributed by atoms with van der Waals surface area (Å²) in [5, 5.41) is 0.206. The summed E-state index contributed by atoms with van der Waals surface area (Å²) in [5.74, 6) is 0.484. The standard InChI is InChI=1S/C16H25ClO3S/c1-4-15(17)12-14(3)6-5-11-20-21(18,19)16-9-7-13(2)8-10-16/h7-10,14-15H,4-6,11-12H2,1-3H3. The van der Waals surface area contributed by atoms with Gasteiger partial charge in [-0.2, -0.15) is 8.42 Å². The van der Waals surface area contributed by atoms with Crippen molar-refractivity contribution in [2.75, 3.05) is 6.61 Å². The Labute approximate surface area is 133 Å². The van der Waals surface area contributed by atoms with E-state index in [9.17, 15) is 8.42 Å². The van der Waals surface area contributed by atoms with Crippen LogP contribution in [-0.2, 0) is 14.3 Å². The molecule has 5 heteroatoms. The molecule has 1 aromatic carbocycles. The predicted octanol–water partition coefficient (Wildman–Crippen LogP) is 4.52. The quantitative estimate of drug-likeness (QED) is 0.379. The Morgan fingerprint density at radius 1 is 1.24 bits per heavy atom. The number of halogens is 1. The van der Waals surface area contributed by atoms with E-state index in [2.05, 4.69) is 13.8 Å². The number of benzene rings is 1. The molecule has 0 aliphatic carbocycles. The van der Waals surface area contributed by atoms with Crippen molar-refractivity contribution in [3.63, 3.8) is 0 Å². The fourth-order valence-corrected chi connectivity index (χ4v) is 3.34. The van der Waals surface area contributed by atoms with Crippen molar-refractivity contribution in [1.82, 2.24) is 0 Å². The van der Waals surface area contributed by atoms with E-state index >= 15 is 0 Å². The zero-order valence-corrected chi connectivity index (χ0v) is 14.6. The summed E-state index contributed by atoms with van der Waals surface area (Å²) in [4.78, 5) is 0.216. The predicted molar refractivity (Wildman–Crippen MR) is 87.3 cm³/mol. The maximum Gasteiger partial charge on any atom is 0.296 e. The lowest BCUT2D eigenvalue weighted by Gasteiger charge is -2.14. The van der Waals surface area contributed by atoms with E-state index in [1.807, 2.05) is 6.92 Å². The third kappa shape index (κ3) is 6.81. The molecule has 0 bridgehead atoms. The van der Waals surface area contributed by atoms with Crippen molar-refractivity contribution >= 4 is 21.7 Å². The number of aryl methyl sites for hydroxylation is 1. The van der Waals surface area contributed by atoms with Crippen molar-refractivity contribution in [1.29, 1.82) is 0 Å². The highest BCUT2D eigenvalue weighted by atomic mass is 35.5. The molecule has 0 N–H and O–H groups in total. The van der Waals surface area contributed by atoms with Gasteiger partial charge in [0.15, 0.2) is 0 Å². The molecule has 0 amide bonds. The molecule has 0 saturated carbocycles. The Bertz CT molecular complexity index is 511. The number of alkyl halides is 1. The molecule has 120 valence electrons. The van der Waals surface area contributed by atoms with Crippen LogP contribution < -0.4 is 0 Å². The van der Waals surface area contributed by atoms with Gasteiger partial charge in [0, 0.05) is 5.38 Å². The highest BCUT2D eigenvalue weighted by Crippen LogP contribution is 2.19. The van der Waals surface area contributed by atoms with Crippen molar-refractivity contribution < 1.29 is 12.6 Å². The van der Waals surface area contributed by atoms with Gasteiger partial charge in [-0.05, 0) is 50.7 Å². The lowest BCUT2D eigenvalue weighted by molar-refractivity contribution is 0.294. The smallest absolute Gasteiger partial charge is 0.266 e. The molecule has 2 unspecified atom stereocenters. The first-order chi connectivity index (χ1) is 9.85. The van der Waals surface area contributed by atoms with Gasteiger partial charge in [0.1, 0.15) is 0 Å². The van der Waals surface area contributed by atoms with Crippen LogP contribution in [0, 0.1) is 12.8 Å². The van der Waals surface area contributed by atoms with E-state index in [1.165, 1.54) is 0 Å². The Morgan fingerprint density at radius 2 is 1.86 bits per heavy atom. The minimum absolute atomic E-state index is 0.206. The molecule has 0 spiro atoms. The largest absolute Gasteiger partial charge is 0.296 e. The topological polar surface area (TPSA) is 43.4 Å². The molecule has 0 aromatic heterocycles. The van der Waals surface area contributed by atoms with Crippen LogP contribution in [0.15, 0.2) is 29.2 Å². The minimum atomic E-state index is -3.63. The van der Waals surface area contributed by atoms with Gasteiger partial charge in [-0.3, -0.25) is 4.18 Å². The highest BCUT2D eigenvalue weighted by Gasteiger charge is 2.15. The van der Waals surface area contributed by atoms with Crippen molar-refractivity contribution in [3.8, 4) is 0 Å². The second kappa shape index (κ2) is 8.76. The molecular formula is C16H25ClO3S. The summed E-state index contributed by atoms with van der Waals surface area (Å²) in [6, 6.07) is 6.69. The van der Waals surface area contributed by atoms with E-state index < -0.39 is 10.1 Å². The maximum absolute atomic E-state index is 12.0. The molecular weight excluding hydrogens is 308 g/mol. The van der Waals surface area contributed by atoms with E-state index in [0.717, 1.165) is 31.2 Å². The lowest BCUT2D eigenvalue weighted by atomic mass is 9.99. The fraction of sp³-hybridized carbons (Fsp3) is 0.625. The molecule has 0 aliphatic rings. The molecule has 2 atom stereocenters. The summed E-state index contributed by atoms with van der Waals surface area (Å²) in [6.07, 6.45) is 3.57. The zero-order chi connectivity index (χ0) is 15.9. The maximum atomic E-state index is 12.0.